The van der Waals surface area contributed by atoms with Crippen LogP contribution in [0, 0.1) is 6.42 Å². The molecule has 16 heavy (non-hydrogen) atoms. The molecule has 0 heterocycles. The summed E-state index contributed by atoms with van der Waals surface area (Å²) in [6.45, 7) is 0. The van der Waals surface area contributed by atoms with Gasteiger partial charge < -0.3 is 0 Å². The van der Waals surface area contributed by atoms with Crippen LogP contribution in [0.25, 0.3) is 0 Å². The molecular weight excluding hydrogens is 263 g/mol. The van der Waals surface area contributed by atoms with Gasteiger partial charge in [0.1, 0.15) is 0 Å². The molecule has 0 unspecified atom stereocenters. The van der Waals surface area contributed by atoms with E-state index in [0.29, 0.717) is 15.1 Å². The molecule has 2 aromatic carbocycles. The summed E-state index contributed by atoms with van der Waals surface area (Å²) in [4.78, 5) is 0. The van der Waals surface area contributed by atoms with Crippen molar-refractivity contribution >= 4 is 34.8 Å². The fraction of sp³-hybridized carbons (Fsp3) is 0. The van der Waals surface area contributed by atoms with Gasteiger partial charge in [0, 0.05) is 21.5 Å². The second-order valence-corrected chi connectivity index (χ2v) is 4.58. The maximum absolute atomic E-state index is 6.07. The van der Waals surface area contributed by atoms with E-state index >= 15 is 0 Å². The van der Waals surface area contributed by atoms with Crippen molar-refractivity contribution in [3.8, 4) is 0 Å². The van der Waals surface area contributed by atoms with Crippen LogP contribution >= 0.6 is 34.8 Å². The summed E-state index contributed by atoms with van der Waals surface area (Å²) >= 11 is 18.0. The topological polar surface area (TPSA) is 0 Å². The minimum Gasteiger partial charge on any atom is -0.0843 e. The van der Waals surface area contributed by atoms with Gasteiger partial charge in [-0.1, -0.05) is 59.1 Å². The smallest absolute Gasteiger partial charge is 0.0459 e. The Balaban J connectivity index is 2.31. The molecule has 0 amide bonds. The van der Waals surface area contributed by atoms with Gasteiger partial charge in [-0.2, -0.15) is 0 Å². The van der Waals surface area contributed by atoms with Crippen molar-refractivity contribution < 1.29 is 0 Å². The van der Waals surface area contributed by atoms with Gasteiger partial charge in [0.2, 0.25) is 0 Å². The first-order chi connectivity index (χ1) is 7.66. The fourth-order valence-electron chi connectivity index (χ4n) is 1.38. The number of rotatable bonds is 2. The zero-order valence-electron chi connectivity index (χ0n) is 8.25. The van der Waals surface area contributed by atoms with Crippen LogP contribution in [0.3, 0.4) is 0 Å². The number of halogens is 3. The highest BCUT2D eigenvalue weighted by molar-refractivity contribution is 6.35. The maximum Gasteiger partial charge on any atom is 0.0459 e. The first kappa shape index (κ1) is 11.8. The third-order valence-electron chi connectivity index (χ3n) is 2.18. The zero-order chi connectivity index (χ0) is 11.5. The maximum atomic E-state index is 6.07. The van der Waals surface area contributed by atoms with Gasteiger partial charge in [-0.3, -0.25) is 0 Å². The summed E-state index contributed by atoms with van der Waals surface area (Å²) in [6.07, 6.45) is 1.93. The Morgan fingerprint density at radius 1 is 0.750 bits per heavy atom. The van der Waals surface area contributed by atoms with E-state index in [4.69, 9.17) is 34.8 Å². The average molecular weight is 271 g/mol. The normalized spacial score (nSPS) is 10.4. The van der Waals surface area contributed by atoms with Crippen LogP contribution < -0.4 is 0 Å². The van der Waals surface area contributed by atoms with Gasteiger partial charge in [0.25, 0.3) is 0 Å². The van der Waals surface area contributed by atoms with Gasteiger partial charge in [-0.15, -0.1) is 0 Å². The Labute approximate surface area is 110 Å². The summed E-state index contributed by atoms with van der Waals surface area (Å²) in [5.74, 6) is 0. The molecule has 2 aromatic rings. The van der Waals surface area contributed by atoms with Crippen molar-refractivity contribution in [1.29, 1.82) is 0 Å². The quantitative estimate of drug-likeness (QED) is 0.699. The molecule has 0 spiro atoms. The first-order valence-electron chi connectivity index (χ1n) is 4.71. The summed E-state index contributed by atoms with van der Waals surface area (Å²) in [5, 5.41) is 1.95. The summed E-state index contributed by atoms with van der Waals surface area (Å²) in [7, 11) is 0. The van der Waals surface area contributed by atoms with Crippen LogP contribution in [0.15, 0.2) is 42.5 Å². The van der Waals surface area contributed by atoms with E-state index < -0.39 is 0 Å². The van der Waals surface area contributed by atoms with Gasteiger partial charge in [-0.05, 0) is 29.3 Å². The molecule has 0 bridgehead atoms. The monoisotopic (exact) mass is 269 g/mol. The standard InChI is InChI=1S/C13H8Cl3/c14-11-6-5-10(13(16)8-11)7-9-3-1-2-4-12(9)15/h1-8H. The Morgan fingerprint density at radius 2 is 1.44 bits per heavy atom. The van der Waals surface area contributed by atoms with Crippen molar-refractivity contribution in [2.45, 2.75) is 0 Å². The second-order valence-electron chi connectivity index (χ2n) is 3.33. The third kappa shape index (κ3) is 2.70. The minimum atomic E-state index is 0.618. The lowest BCUT2D eigenvalue weighted by atomic mass is 10.1. The lowest BCUT2D eigenvalue weighted by molar-refractivity contribution is 1.43. The fourth-order valence-corrected chi connectivity index (χ4v) is 2.03. The van der Waals surface area contributed by atoms with Gasteiger partial charge in [0.05, 0.1) is 0 Å². The number of hydrogen-bond acceptors (Lipinski definition) is 0. The molecule has 1 radical (unpaired) electrons. The molecule has 0 saturated carbocycles. The molecule has 0 nitrogen and oxygen atoms in total. The predicted octanol–water partition coefficient (Wildman–Crippen LogP) is 5.25. The summed E-state index contributed by atoms with van der Waals surface area (Å²) < 4.78 is 0. The van der Waals surface area contributed by atoms with E-state index in [1.807, 2.05) is 36.8 Å². The minimum absolute atomic E-state index is 0.618. The van der Waals surface area contributed by atoms with E-state index in [9.17, 15) is 0 Å². The largest absolute Gasteiger partial charge is 0.0843 e. The van der Waals surface area contributed by atoms with Crippen molar-refractivity contribution in [1.82, 2.24) is 0 Å². The van der Waals surface area contributed by atoms with Gasteiger partial charge in [0.15, 0.2) is 0 Å². The number of hydrogen-bond donors (Lipinski definition) is 0. The van der Waals surface area contributed by atoms with E-state index in [2.05, 4.69) is 0 Å². The molecule has 0 N–H and O–H groups in total. The van der Waals surface area contributed by atoms with Crippen molar-refractivity contribution in [3.05, 3.63) is 75.1 Å². The number of benzene rings is 2. The van der Waals surface area contributed by atoms with Crippen molar-refractivity contribution in [3.63, 3.8) is 0 Å². The zero-order valence-corrected chi connectivity index (χ0v) is 10.5. The van der Waals surface area contributed by atoms with Gasteiger partial charge >= 0.3 is 0 Å². The lowest BCUT2D eigenvalue weighted by Crippen LogP contribution is -1.87. The van der Waals surface area contributed by atoms with E-state index in [1.165, 1.54) is 0 Å². The molecule has 81 valence electrons. The van der Waals surface area contributed by atoms with E-state index in [0.717, 1.165) is 11.1 Å². The van der Waals surface area contributed by atoms with Crippen LogP contribution in [0.2, 0.25) is 15.1 Å². The third-order valence-corrected chi connectivity index (χ3v) is 3.09. The first-order valence-corrected chi connectivity index (χ1v) is 5.84. The lowest BCUT2D eigenvalue weighted by Gasteiger charge is -2.06. The highest BCUT2D eigenvalue weighted by atomic mass is 35.5. The molecule has 0 aromatic heterocycles. The van der Waals surface area contributed by atoms with Crippen LogP contribution in [0.1, 0.15) is 11.1 Å². The Hall–Kier alpha value is -0.690. The molecular formula is C13H8Cl3. The SMILES string of the molecule is Clc1ccc([CH]c2ccccc2Cl)c(Cl)c1. The Bertz CT molecular complexity index is 506. The highest BCUT2D eigenvalue weighted by Crippen LogP contribution is 2.27. The van der Waals surface area contributed by atoms with Crippen molar-refractivity contribution in [2.24, 2.45) is 0 Å². The molecule has 0 fully saturated rings. The molecule has 0 atom stereocenters. The predicted molar refractivity (Wildman–Crippen MR) is 70.4 cm³/mol. The molecule has 0 aliphatic rings. The highest BCUT2D eigenvalue weighted by Gasteiger charge is 2.05. The Kier molecular flexibility index (Phi) is 3.75. The second kappa shape index (κ2) is 5.09. The van der Waals surface area contributed by atoms with Crippen LogP contribution in [-0.4, -0.2) is 0 Å². The van der Waals surface area contributed by atoms with Crippen LogP contribution in [-0.2, 0) is 0 Å². The van der Waals surface area contributed by atoms with Crippen LogP contribution in [0.5, 0.6) is 0 Å². The van der Waals surface area contributed by atoms with Crippen LogP contribution in [0.4, 0.5) is 0 Å². The summed E-state index contributed by atoms with van der Waals surface area (Å²) in [6, 6.07) is 13.0. The van der Waals surface area contributed by atoms with Crippen molar-refractivity contribution in [2.75, 3.05) is 0 Å². The Morgan fingerprint density at radius 3 is 2.12 bits per heavy atom. The molecule has 0 saturated heterocycles. The average Bonchev–Trinajstić information content (AvgIpc) is 2.25. The summed E-state index contributed by atoms with van der Waals surface area (Å²) in [5.41, 5.74) is 1.84. The molecule has 2 rings (SSSR count). The molecule has 0 aliphatic carbocycles. The molecule has 3 heteroatoms. The molecule has 0 aliphatic heterocycles. The van der Waals surface area contributed by atoms with Gasteiger partial charge in [-0.25, -0.2) is 0 Å². The van der Waals surface area contributed by atoms with E-state index in [-0.39, 0.29) is 0 Å². The van der Waals surface area contributed by atoms with E-state index in [1.54, 1.807) is 12.1 Å².